The summed E-state index contributed by atoms with van der Waals surface area (Å²) in [5.74, 6) is 0.900. The van der Waals surface area contributed by atoms with E-state index in [0.29, 0.717) is 0 Å². The maximum atomic E-state index is 5.06. The van der Waals surface area contributed by atoms with Crippen molar-refractivity contribution in [1.29, 1.82) is 0 Å². The molecule has 10 rings (SSSR count). The Hall–Kier alpha value is -6.03. The minimum Gasteiger partial charge on any atom is -0.295 e. The minimum absolute atomic E-state index is 0.900. The molecule has 0 unspecified atom stereocenters. The molecule has 1 aliphatic rings. The Balaban J connectivity index is 1.09. The van der Waals surface area contributed by atoms with Gasteiger partial charge in [-0.15, -0.1) is 11.3 Å². The number of aromatic nitrogens is 1. The summed E-state index contributed by atoms with van der Waals surface area (Å²) in [5, 5.41) is 5.09. The van der Waals surface area contributed by atoms with Crippen LogP contribution in [0.5, 0.6) is 0 Å². The molecule has 224 valence electrons. The van der Waals surface area contributed by atoms with Gasteiger partial charge >= 0.3 is 0 Å². The number of pyridine rings is 1. The van der Waals surface area contributed by atoms with E-state index in [1.165, 1.54) is 75.5 Å². The van der Waals surface area contributed by atoms with Crippen LogP contribution in [-0.2, 0) is 0 Å². The molecule has 0 N–H and O–H groups in total. The molecule has 0 spiro atoms. The smallest absolute Gasteiger partial charge is 0.138 e. The van der Waals surface area contributed by atoms with Crippen LogP contribution >= 0.6 is 11.3 Å². The van der Waals surface area contributed by atoms with Crippen molar-refractivity contribution >= 4 is 59.5 Å². The Bertz CT molecular complexity index is 2620. The predicted molar refractivity (Wildman–Crippen MR) is 205 cm³/mol. The van der Waals surface area contributed by atoms with Gasteiger partial charge in [-0.05, 0) is 91.7 Å². The third kappa shape index (κ3) is 4.22. The fraction of sp³-hybridized carbons (Fsp3) is 0. The van der Waals surface area contributed by atoms with Crippen molar-refractivity contribution in [3.8, 4) is 44.5 Å². The van der Waals surface area contributed by atoms with Crippen LogP contribution in [0.25, 0.3) is 75.5 Å². The standard InChI is InChI=1S/C45H28N2S/c1-2-9-29(10-3-1)30-17-21-32(22-18-30)47(44-27-43-41(28-46-44)37-13-6-7-16-42(37)48-43)33-23-19-31(20-24-33)34-25-26-40-36-12-5-4-11-35(36)39-15-8-14-38(34)45(39)40/h1-28H. The fourth-order valence-electron chi connectivity index (χ4n) is 7.43. The molecule has 7 aromatic carbocycles. The lowest BCUT2D eigenvalue weighted by molar-refractivity contribution is 1.19. The van der Waals surface area contributed by atoms with Crippen molar-refractivity contribution < 1.29 is 0 Å². The summed E-state index contributed by atoms with van der Waals surface area (Å²) in [7, 11) is 0. The van der Waals surface area contributed by atoms with Gasteiger partial charge in [-0.2, -0.15) is 0 Å². The van der Waals surface area contributed by atoms with E-state index in [1.807, 2.05) is 17.5 Å². The molecular weight excluding hydrogens is 601 g/mol. The van der Waals surface area contributed by atoms with Gasteiger partial charge in [-0.3, -0.25) is 4.90 Å². The lowest BCUT2D eigenvalue weighted by Crippen LogP contribution is -2.11. The maximum absolute atomic E-state index is 5.06. The summed E-state index contributed by atoms with van der Waals surface area (Å²) in [5.41, 5.74) is 12.3. The molecule has 0 radical (unpaired) electrons. The molecule has 48 heavy (non-hydrogen) atoms. The Labute approximate surface area is 282 Å². The van der Waals surface area contributed by atoms with E-state index >= 15 is 0 Å². The number of fused-ring (bicyclic) bond motifs is 6. The fourth-order valence-corrected chi connectivity index (χ4v) is 8.54. The van der Waals surface area contributed by atoms with Gasteiger partial charge in [-0.1, -0.05) is 127 Å². The van der Waals surface area contributed by atoms with Crippen LogP contribution in [0, 0.1) is 0 Å². The van der Waals surface area contributed by atoms with Gasteiger partial charge in [0.2, 0.25) is 0 Å². The molecule has 2 heterocycles. The third-order valence-corrected chi connectivity index (χ3v) is 10.8. The van der Waals surface area contributed by atoms with E-state index in [-0.39, 0.29) is 0 Å². The molecule has 3 heteroatoms. The Morgan fingerprint density at radius 3 is 1.75 bits per heavy atom. The summed E-state index contributed by atoms with van der Waals surface area (Å²) in [6, 6.07) is 59.2. The van der Waals surface area contributed by atoms with Gasteiger partial charge < -0.3 is 0 Å². The number of hydrogen-bond donors (Lipinski definition) is 0. The zero-order valence-corrected chi connectivity index (χ0v) is 26.8. The molecule has 1 aliphatic carbocycles. The molecular formula is C45H28N2S. The highest BCUT2D eigenvalue weighted by molar-refractivity contribution is 7.25. The van der Waals surface area contributed by atoms with E-state index in [1.54, 1.807) is 0 Å². The first-order chi connectivity index (χ1) is 23.8. The highest BCUT2D eigenvalue weighted by Gasteiger charge is 2.22. The molecule has 0 aliphatic heterocycles. The largest absolute Gasteiger partial charge is 0.295 e. The van der Waals surface area contributed by atoms with Crippen molar-refractivity contribution in [2.24, 2.45) is 0 Å². The van der Waals surface area contributed by atoms with Crippen molar-refractivity contribution in [2.75, 3.05) is 4.90 Å². The lowest BCUT2D eigenvalue weighted by Gasteiger charge is -2.25. The quantitative estimate of drug-likeness (QED) is 0.188. The average Bonchev–Trinajstić information content (AvgIpc) is 3.69. The van der Waals surface area contributed by atoms with Gasteiger partial charge in [-0.25, -0.2) is 4.98 Å². The first-order valence-electron chi connectivity index (χ1n) is 16.3. The van der Waals surface area contributed by atoms with E-state index in [2.05, 4.69) is 169 Å². The zero-order valence-electron chi connectivity index (χ0n) is 26.0. The van der Waals surface area contributed by atoms with Crippen LogP contribution in [0.2, 0.25) is 0 Å². The Morgan fingerprint density at radius 2 is 0.979 bits per heavy atom. The number of benzene rings is 7. The number of nitrogens with zero attached hydrogens (tertiary/aromatic N) is 2. The minimum atomic E-state index is 0.900. The van der Waals surface area contributed by atoms with Gasteiger partial charge in [0.1, 0.15) is 5.82 Å². The van der Waals surface area contributed by atoms with Crippen LogP contribution in [-0.4, -0.2) is 4.98 Å². The second kappa shape index (κ2) is 10.8. The van der Waals surface area contributed by atoms with E-state index in [4.69, 9.17) is 4.98 Å². The predicted octanol–water partition coefficient (Wildman–Crippen LogP) is 13.1. The first kappa shape index (κ1) is 27.1. The second-order valence-corrected chi connectivity index (χ2v) is 13.5. The van der Waals surface area contributed by atoms with Crippen LogP contribution in [0.3, 0.4) is 0 Å². The molecule has 0 saturated heterocycles. The Morgan fingerprint density at radius 1 is 0.396 bits per heavy atom. The molecule has 0 amide bonds. The molecule has 9 aromatic rings. The SMILES string of the molecule is c1ccc(-c2ccc(N(c3ccc(-c4ccc5c6c(cccc46)-c4ccccc4-5)cc3)c3cc4sc5ccccc5c4cn3)cc2)cc1. The summed E-state index contributed by atoms with van der Waals surface area (Å²) in [6.07, 6.45) is 2.04. The molecule has 0 saturated carbocycles. The second-order valence-electron chi connectivity index (χ2n) is 12.4. The lowest BCUT2D eigenvalue weighted by atomic mass is 9.94. The number of rotatable bonds is 5. The van der Waals surface area contributed by atoms with Gasteiger partial charge in [0.05, 0.1) is 0 Å². The molecule has 0 atom stereocenters. The van der Waals surface area contributed by atoms with Crippen molar-refractivity contribution in [3.63, 3.8) is 0 Å². The zero-order chi connectivity index (χ0) is 31.6. The van der Waals surface area contributed by atoms with Crippen LogP contribution < -0.4 is 4.90 Å². The average molecular weight is 629 g/mol. The maximum Gasteiger partial charge on any atom is 0.138 e. The highest BCUT2D eigenvalue weighted by atomic mass is 32.1. The Kier molecular flexibility index (Phi) is 6.08. The summed E-state index contributed by atoms with van der Waals surface area (Å²) in [6.45, 7) is 0. The van der Waals surface area contributed by atoms with Crippen LogP contribution in [0.15, 0.2) is 170 Å². The molecule has 0 bridgehead atoms. The molecule has 0 fully saturated rings. The number of hydrogen-bond acceptors (Lipinski definition) is 3. The summed E-state index contributed by atoms with van der Waals surface area (Å²) < 4.78 is 2.51. The van der Waals surface area contributed by atoms with Crippen LogP contribution in [0.4, 0.5) is 17.2 Å². The van der Waals surface area contributed by atoms with Gasteiger partial charge in [0, 0.05) is 37.7 Å². The van der Waals surface area contributed by atoms with E-state index in [9.17, 15) is 0 Å². The van der Waals surface area contributed by atoms with Crippen molar-refractivity contribution in [1.82, 2.24) is 4.98 Å². The van der Waals surface area contributed by atoms with E-state index < -0.39 is 0 Å². The first-order valence-corrected chi connectivity index (χ1v) is 17.1. The molecule has 2 nitrogen and oxygen atoms in total. The van der Waals surface area contributed by atoms with Crippen molar-refractivity contribution in [2.45, 2.75) is 0 Å². The monoisotopic (exact) mass is 628 g/mol. The van der Waals surface area contributed by atoms with Gasteiger partial charge in [0.15, 0.2) is 0 Å². The summed E-state index contributed by atoms with van der Waals surface area (Å²) in [4.78, 5) is 7.33. The van der Waals surface area contributed by atoms with E-state index in [0.717, 1.165) is 17.2 Å². The normalized spacial score (nSPS) is 11.8. The number of thiophene rings is 1. The van der Waals surface area contributed by atoms with Gasteiger partial charge in [0.25, 0.3) is 0 Å². The van der Waals surface area contributed by atoms with Crippen LogP contribution in [0.1, 0.15) is 0 Å². The highest BCUT2D eigenvalue weighted by Crippen LogP contribution is 2.49. The third-order valence-electron chi connectivity index (χ3n) is 9.69. The number of anilines is 3. The van der Waals surface area contributed by atoms with Crippen molar-refractivity contribution in [3.05, 3.63) is 170 Å². The summed E-state index contributed by atoms with van der Waals surface area (Å²) >= 11 is 1.82. The molecule has 2 aromatic heterocycles. The topological polar surface area (TPSA) is 16.1 Å².